The Hall–Kier alpha value is -1.02. The lowest BCUT2D eigenvalue weighted by Gasteiger charge is -2.15. The van der Waals surface area contributed by atoms with Gasteiger partial charge in [0.1, 0.15) is 5.75 Å². The Morgan fingerprint density at radius 2 is 2.19 bits per heavy atom. The van der Waals surface area contributed by atoms with Gasteiger partial charge in [0.2, 0.25) is 0 Å². The van der Waals surface area contributed by atoms with Crippen LogP contribution in [-0.2, 0) is 6.42 Å². The lowest BCUT2D eigenvalue weighted by atomic mass is 9.96. The van der Waals surface area contributed by atoms with Gasteiger partial charge in [0.15, 0.2) is 0 Å². The van der Waals surface area contributed by atoms with E-state index in [1.54, 1.807) is 7.11 Å². The smallest absolute Gasteiger partial charge is 0.119 e. The molecule has 1 aliphatic carbocycles. The van der Waals surface area contributed by atoms with Crippen molar-refractivity contribution in [3.63, 3.8) is 0 Å². The Kier molecular flexibility index (Phi) is 3.49. The molecule has 0 aromatic heterocycles. The quantitative estimate of drug-likeness (QED) is 0.794. The SMILES string of the molecule is CCNCC1(Cc2cccc(OC)c2)CC1. The molecule has 1 aromatic rings. The maximum Gasteiger partial charge on any atom is 0.119 e. The first-order valence-corrected chi connectivity index (χ1v) is 6.12. The molecule has 1 aliphatic rings. The van der Waals surface area contributed by atoms with Crippen molar-refractivity contribution < 1.29 is 4.74 Å². The molecule has 16 heavy (non-hydrogen) atoms. The molecule has 0 heterocycles. The van der Waals surface area contributed by atoms with Crippen LogP contribution in [0.5, 0.6) is 5.75 Å². The van der Waals surface area contributed by atoms with Gasteiger partial charge in [-0.05, 0) is 48.9 Å². The fourth-order valence-electron chi connectivity index (χ4n) is 2.20. The molecule has 0 spiro atoms. The maximum absolute atomic E-state index is 5.26. The molecule has 88 valence electrons. The van der Waals surface area contributed by atoms with Gasteiger partial charge in [0.05, 0.1) is 7.11 Å². The van der Waals surface area contributed by atoms with Crippen molar-refractivity contribution in [1.29, 1.82) is 0 Å². The summed E-state index contributed by atoms with van der Waals surface area (Å²) in [6.07, 6.45) is 3.89. The Balaban J connectivity index is 1.97. The van der Waals surface area contributed by atoms with Crippen molar-refractivity contribution in [2.75, 3.05) is 20.2 Å². The third-order valence-corrected chi connectivity index (χ3v) is 3.42. The number of ether oxygens (including phenoxy) is 1. The van der Waals surface area contributed by atoms with Crippen molar-refractivity contribution in [3.8, 4) is 5.75 Å². The van der Waals surface area contributed by atoms with Gasteiger partial charge in [-0.15, -0.1) is 0 Å². The molecule has 0 unspecified atom stereocenters. The minimum absolute atomic E-state index is 0.530. The van der Waals surface area contributed by atoms with Gasteiger partial charge in [-0.25, -0.2) is 0 Å². The minimum atomic E-state index is 0.530. The predicted octanol–water partition coefficient (Wildman–Crippen LogP) is 2.63. The average molecular weight is 219 g/mol. The monoisotopic (exact) mass is 219 g/mol. The zero-order valence-corrected chi connectivity index (χ0v) is 10.3. The van der Waals surface area contributed by atoms with E-state index < -0.39 is 0 Å². The van der Waals surface area contributed by atoms with Gasteiger partial charge in [-0.3, -0.25) is 0 Å². The summed E-state index contributed by atoms with van der Waals surface area (Å²) in [7, 11) is 1.73. The van der Waals surface area contributed by atoms with E-state index in [0.717, 1.165) is 18.8 Å². The molecule has 2 rings (SSSR count). The van der Waals surface area contributed by atoms with E-state index in [2.05, 4.69) is 30.4 Å². The third kappa shape index (κ3) is 2.76. The van der Waals surface area contributed by atoms with Crippen molar-refractivity contribution >= 4 is 0 Å². The van der Waals surface area contributed by atoms with Crippen LogP contribution >= 0.6 is 0 Å². The highest BCUT2D eigenvalue weighted by Crippen LogP contribution is 2.47. The van der Waals surface area contributed by atoms with Crippen LogP contribution in [0.25, 0.3) is 0 Å². The second-order valence-corrected chi connectivity index (χ2v) is 4.81. The molecule has 1 saturated carbocycles. The van der Waals surface area contributed by atoms with Crippen LogP contribution in [0.3, 0.4) is 0 Å². The van der Waals surface area contributed by atoms with Crippen molar-refractivity contribution in [2.45, 2.75) is 26.2 Å². The van der Waals surface area contributed by atoms with Gasteiger partial charge in [-0.1, -0.05) is 19.1 Å². The molecule has 0 aliphatic heterocycles. The highest BCUT2D eigenvalue weighted by atomic mass is 16.5. The molecule has 0 bridgehead atoms. The fraction of sp³-hybridized carbons (Fsp3) is 0.571. The van der Waals surface area contributed by atoms with Crippen LogP contribution in [0.4, 0.5) is 0 Å². The number of methoxy groups -OCH3 is 1. The lowest BCUT2D eigenvalue weighted by molar-refractivity contribution is 0.412. The normalized spacial score (nSPS) is 17.1. The largest absolute Gasteiger partial charge is 0.497 e. The first-order valence-electron chi connectivity index (χ1n) is 6.12. The van der Waals surface area contributed by atoms with E-state index in [-0.39, 0.29) is 0 Å². The van der Waals surface area contributed by atoms with Crippen molar-refractivity contribution in [2.24, 2.45) is 5.41 Å². The summed E-state index contributed by atoms with van der Waals surface area (Å²) < 4.78 is 5.26. The molecule has 0 radical (unpaired) electrons. The summed E-state index contributed by atoms with van der Waals surface area (Å²) in [5.74, 6) is 0.969. The molecule has 0 atom stereocenters. The first kappa shape index (κ1) is 11.5. The summed E-state index contributed by atoms with van der Waals surface area (Å²) in [6.45, 7) is 4.39. The van der Waals surface area contributed by atoms with Gasteiger partial charge >= 0.3 is 0 Å². The molecule has 1 fully saturated rings. The lowest BCUT2D eigenvalue weighted by Crippen LogP contribution is -2.25. The molecule has 2 heteroatoms. The minimum Gasteiger partial charge on any atom is -0.497 e. The first-order chi connectivity index (χ1) is 7.78. The van der Waals surface area contributed by atoms with E-state index in [4.69, 9.17) is 4.74 Å². The van der Waals surface area contributed by atoms with Gasteiger partial charge in [0, 0.05) is 6.54 Å². The van der Waals surface area contributed by atoms with Crippen molar-refractivity contribution in [3.05, 3.63) is 29.8 Å². The predicted molar refractivity (Wildman–Crippen MR) is 66.9 cm³/mol. The van der Waals surface area contributed by atoms with Gasteiger partial charge < -0.3 is 10.1 Å². The number of rotatable bonds is 6. The summed E-state index contributed by atoms with van der Waals surface area (Å²) in [4.78, 5) is 0. The van der Waals surface area contributed by atoms with Crippen LogP contribution in [0.1, 0.15) is 25.3 Å². The number of hydrogen-bond acceptors (Lipinski definition) is 2. The van der Waals surface area contributed by atoms with E-state index in [9.17, 15) is 0 Å². The summed E-state index contributed by atoms with van der Waals surface area (Å²) >= 11 is 0. The van der Waals surface area contributed by atoms with E-state index in [0.29, 0.717) is 5.41 Å². The molecule has 0 saturated heterocycles. The molecule has 1 N–H and O–H groups in total. The summed E-state index contributed by atoms with van der Waals surface area (Å²) in [5.41, 5.74) is 1.93. The van der Waals surface area contributed by atoms with Crippen LogP contribution in [-0.4, -0.2) is 20.2 Å². The zero-order valence-electron chi connectivity index (χ0n) is 10.3. The van der Waals surface area contributed by atoms with E-state index in [1.807, 2.05) is 6.07 Å². The number of hydrogen-bond donors (Lipinski definition) is 1. The van der Waals surface area contributed by atoms with E-state index >= 15 is 0 Å². The third-order valence-electron chi connectivity index (χ3n) is 3.42. The molecule has 0 amide bonds. The van der Waals surface area contributed by atoms with Crippen LogP contribution < -0.4 is 10.1 Å². The Morgan fingerprint density at radius 1 is 1.38 bits per heavy atom. The highest BCUT2D eigenvalue weighted by Gasteiger charge is 2.41. The zero-order chi connectivity index (χ0) is 11.4. The van der Waals surface area contributed by atoms with Crippen molar-refractivity contribution in [1.82, 2.24) is 5.32 Å². The number of benzene rings is 1. The molecular weight excluding hydrogens is 198 g/mol. The fourth-order valence-corrected chi connectivity index (χ4v) is 2.20. The van der Waals surface area contributed by atoms with Crippen LogP contribution in [0, 0.1) is 5.41 Å². The topological polar surface area (TPSA) is 21.3 Å². The second-order valence-electron chi connectivity index (χ2n) is 4.81. The van der Waals surface area contributed by atoms with E-state index in [1.165, 1.54) is 24.8 Å². The Morgan fingerprint density at radius 3 is 2.81 bits per heavy atom. The van der Waals surface area contributed by atoms with Crippen LogP contribution in [0.15, 0.2) is 24.3 Å². The van der Waals surface area contributed by atoms with Crippen LogP contribution in [0.2, 0.25) is 0 Å². The highest BCUT2D eigenvalue weighted by molar-refractivity contribution is 5.30. The second kappa shape index (κ2) is 4.88. The standard InChI is InChI=1S/C14H21NO/c1-3-15-11-14(7-8-14)10-12-5-4-6-13(9-12)16-2/h4-6,9,15H,3,7-8,10-11H2,1-2H3. The maximum atomic E-state index is 5.26. The Bertz CT molecular complexity index is 344. The molecule has 1 aromatic carbocycles. The molecule has 2 nitrogen and oxygen atoms in total. The number of nitrogens with one attached hydrogen (secondary N) is 1. The van der Waals surface area contributed by atoms with Gasteiger partial charge in [-0.2, -0.15) is 0 Å². The molecular formula is C14H21NO. The van der Waals surface area contributed by atoms with Gasteiger partial charge in [0.25, 0.3) is 0 Å². The average Bonchev–Trinajstić information content (AvgIpc) is 3.07. The summed E-state index contributed by atoms with van der Waals surface area (Å²) in [5, 5.41) is 3.47. The Labute approximate surface area is 98.0 Å². The summed E-state index contributed by atoms with van der Waals surface area (Å²) in [6, 6.07) is 8.45.